The zero-order valence-corrected chi connectivity index (χ0v) is 14.2. The lowest BCUT2D eigenvalue weighted by molar-refractivity contribution is 0.124. The summed E-state index contributed by atoms with van der Waals surface area (Å²) in [5.74, 6) is 1.50. The number of hydrogen-bond acceptors (Lipinski definition) is 5. The van der Waals surface area contributed by atoms with E-state index in [0.29, 0.717) is 18.9 Å². The first kappa shape index (κ1) is 16.7. The Balaban J connectivity index is 1.43. The minimum absolute atomic E-state index is 0.276. The van der Waals surface area contributed by atoms with Gasteiger partial charge in [-0.05, 0) is 50.2 Å². The molecule has 2 heterocycles. The molecule has 23 heavy (non-hydrogen) atoms. The van der Waals surface area contributed by atoms with E-state index >= 15 is 0 Å². The first-order valence-electron chi connectivity index (χ1n) is 8.44. The Kier molecular flexibility index (Phi) is 5.50. The molecule has 2 aliphatic rings. The highest BCUT2D eigenvalue weighted by Gasteiger charge is 2.27. The molecule has 0 unspecified atom stereocenters. The highest BCUT2D eigenvalue weighted by Crippen LogP contribution is 2.28. The third-order valence-corrected chi connectivity index (χ3v) is 6.14. The second-order valence-electron chi connectivity index (χ2n) is 6.29. The van der Waals surface area contributed by atoms with E-state index in [4.69, 9.17) is 4.74 Å². The highest BCUT2D eigenvalue weighted by molar-refractivity contribution is 7.89. The van der Waals surface area contributed by atoms with Crippen LogP contribution in [0.3, 0.4) is 0 Å². The van der Waals surface area contributed by atoms with E-state index in [1.54, 1.807) is 12.1 Å². The molecule has 0 atom stereocenters. The Morgan fingerprint density at radius 1 is 1.26 bits per heavy atom. The van der Waals surface area contributed by atoms with Crippen molar-refractivity contribution in [1.29, 1.82) is 0 Å². The molecule has 1 aliphatic heterocycles. The van der Waals surface area contributed by atoms with E-state index in [0.717, 1.165) is 44.9 Å². The zero-order valence-electron chi connectivity index (χ0n) is 13.4. The predicted molar refractivity (Wildman–Crippen MR) is 88.9 cm³/mol. The molecule has 0 bridgehead atoms. The summed E-state index contributed by atoms with van der Waals surface area (Å²) in [5.41, 5.74) is 0. The number of pyridine rings is 1. The molecule has 0 radical (unpaired) electrons. The average molecular weight is 339 g/mol. The number of nitrogens with zero attached hydrogens (tertiary/aromatic N) is 2. The number of aromatic nitrogens is 1. The third kappa shape index (κ3) is 4.65. The van der Waals surface area contributed by atoms with Gasteiger partial charge in [0.15, 0.2) is 0 Å². The van der Waals surface area contributed by atoms with Crippen LogP contribution in [0.4, 0.5) is 5.82 Å². The van der Waals surface area contributed by atoms with E-state index in [1.807, 2.05) is 0 Å². The number of anilines is 1. The second kappa shape index (κ2) is 7.59. The summed E-state index contributed by atoms with van der Waals surface area (Å²) in [6.07, 6.45) is 6.87. The lowest BCUT2D eigenvalue weighted by atomic mass is 10.4. The molecule has 0 aromatic carbocycles. The van der Waals surface area contributed by atoms with Crippen LogP contribution in [-0.2, 0) is 14.8 Å². The van der Waals surface area contributed by atoms with Crippen molar-refractivity contribution in [1.82, 2.24) is 9.29 Å². The summed E-state index contributed by atoms with van der Waals surface area (Å²) in [7, 11) is -3.37. The van der Waals surface area contributed by atoms with Gasteiger partial charge in [0.25, 0.3) is 0 Å². The fraction of sp³-hybridized carbons (Fsp3) is 0.688. The van der Waals surface area contributed by atoms with Crippen LogP contribution < -0.4 is 5.32 Å². The topological polar surface area (TPSA) is 71.5 Å². The molecular formula is C16H25N3O3S. The van der Waals surface area contributed by atoms with Crippen molar-refractivity contribution < 1.29 is 13.2 Å². The molecule has 1 N–H and O–H groups in total. The predicted octanol–water partition coefficient (Wildman–Crippen LogP) is 2.09. The monoisotopic (exact) mass is 339 g/mol. The fourth-order valence-corrected chi connectivity index (χ4v) is 4.10. The number of nitrogens with one attached hydrogen (secondary N) is 1. The maximum atomic E-state index is 12.4. The van der Waals surface area contributed by atoms with Crippen molar-refractivity contribution in [3.05, 3.63) is 18.3 Å². The van der Waals surface area contributed by atoms with Gasteiger partial charge in [-0.2, -0.15) is 4.31 Å². The van der Waals surface area contributed by atoms with Crippen LogP contribution in [0.5, 0.6) is 0 Å². The first-order valence-corrected chi connectivity index (χ1v) is 9.88. The van der Waals surface area contributed by atoms with E-state index < -0.39 is 10.0 Å². The SMILES string of the molecule is O=S(=O)(c1ccc(NCCCOCC2CC2)nc1)N1CCCC1. The molecule has 3 rings (SSSR count). The van der Waals surface area contributed by atoms with Crippen molar-refractivity contribution in [2.45, 2.75) is 37.0 Å². The second-order valence-corrected chi connectivity index (χ2v) is 8.23. The quantitative estimate of drug-likeness (QED) is 0.698. The van der Waals surface area contributed by atoms with Gasteiger partial charge >= 0.3 is 0 Å². The molecule has 6 nitrogen and oxygen atoms in total. The molecule has 7 heteroatoms. The first-order chi connectivity index (χ1) is 11.2. The summed E-state index contributed by atoms with van der Waals surface area (Å²) in [6.45, 7) is 3.65. The Morgan fingerprint density at radius 3 is 2.70 bits per heavy atom. The van der Waals surface area contributed by atoms with Crippen LogP contribution in [0.15, 0.2) is 23.2 Å². The van der Waals surface area contributed by atoms with Gasteiger partial charge in [0.2, 0.25) is 10.0 Å². The van der Waals surface area contributed by atoms with Crippen LogP contribution >= 0.6 is 0 Å². The zero-order chi connectivity index (χ0) is 16.1. The third-order valence-electron chi connectivity index (χ3n) is 4.26. The molecular weight excluding hydrogens is 314 g/mol. The molecule has 2 fully saturated rings. The Bertz CT molecular complexity index is 594. The van der Waals surface area contributed by atoms with Gasteiger partial charge in [-0.3, -0.25) is 0 Å². The largest absolute Gasteiger partial charge is 0.381 e. The van der Waals surface area contributed by atoms with Crippen molar-refractivity contribution in [3.8, 4) is 0 Å². The smallest absolute Gasteiger partial charge is 0.244 e. The average Bonchev–Trinajstić information content (AvgIpc) is 3.20. The van der Waals surface area contributed by atoms with Crippen LogP contribution in [-0.4, -0.2) is 50.6 Å². The van der Waals surface area contributed by atoms with Gasteiger partial charge < -0.3 is 10.1 Å². The standard InChI is InChI=1S/C16H25N3O3S/c20-23(21,19-9-1-2-10-19)15-6-7-16(18-12-15)17-8-3-11-22-13-14-4-5-14/h6-7,12,14H,1-5,8-11,13H2,(H,17,18). The maximum absolute atomic E-state index is 12.4. The molecule has 1 saturated heterocycles. The van der Waals surface area contributed by atoms with Crippen LogP contribution in [0.25, 0.3) is 0 Å². The number of ether oxygens (including phenoxy) is 1. The fourth-order valence-electron chi connectivity index (χ4n) is 2.64. The molecule has 0 spiro atoms. The van der Waals surface area contributed by atoms with Crippen molar-refractivity contribution in [3.63, 3.8) is 0 Å². The van der Waals surface area contributed by atoms with Crippen molar-refractivity contribution >= 4 is 15.8 Å². The summed E-state index contributed by atoms with van der Waals surface area (Å²) < 4.78 is 31.9. The summed E-state index contributed by atoms with van der Waals surface area (Å²) in [5, 5.41) is 3.20. The molecule has 1 aromatic rings. The maximum Gasteiger partial charge on any atom is 0.244 e. The van der Waals surface area contributed by atoms with E-state index in [-0.39, 0.29) is 4.90 Å². The van der Waals surface area contributed by atoms with Gasteiger partial charge in [-0.25, -0.2) is 13.4 Å². The van der Waals surface area contributed by atoms with Gasteiger partial charge in [0.05, 0.1) is 0 Å². The summed E-state index contributed by atoms with van der Waals surface area (Å²) in [6, 6.07) is 3.36. The van der Waals surface area contributed by atoms with E-state index in [2.05, 4.69) is 10.3 Å². The van der Waals surface area contributed by atoms with Gasteiger partial charge in [0, 0.05) is 39.0 Å². The normalized spacial score (nSPS) is 19.1. The molecule has 1 aromatic heterocycles. The van der Waals surface area contributed by atoms with Crippen LogP contribution in [0.1, 0.15) is 32.1 Å². The Hall–Kier alpha value is -1.18. The summed E-state index contributed by atoms with van der Waals surface area (Å²) in [4.78, 5) is 4.49. The number of sulfonamides is 1. The number of rotatable bonds is 9. The van der Waals surface area contributed by atoms with Gasteiger partial charge in [-0.15, -0.1) is 0 Å². The minimum atomic E-state index is -3.37. The Labute approximate surface area is 138 Å². The minimum Gasteiger partial charge on any atom is -0.381 e. The summed E-state index contributed by atoms with van der Waals surface area (Å²) >= 11 is 0. The molecule has 1 saturated carbocycles. The van der Waals surface area contributed by atoms with Crippen molar-refractivity contribution in [2.75, 3.05) is 38.2 Å². The van der Waals surface area contributed by atoms with Gasteiger partial charge in [-0.1, -0.05) is 0 Å². The number of hydrogen-bond donors (Lipinski definition) is 1. The molecule has 1 aliphatic carbocycles. The van der Waals surface area contributed by atoms with Gasteiger partial charge in [0.1, 0.15) is 10.7 Å². The highest BCUT2D eigenvalue weighted by atomic mass is 32.2. The Morgan fingerprint density at radius 2 is 2.04 bits per heavy atom. The van der Waals surface area contributed by atoms with Crippen LogP contribution in [0, 0.1) is 5.92 Å². The van der Waals surface area contributed by atoms with Crippen LogP contribution in [0.2, 0.25) is 0 Å². The lowest BCUT2D eigenvalue weighted by Gasteiger charge is -2.15. The van der Waals surface area contributed by atoms with E-state index in [1.165, 1.54) is 23.3 Å². The molecule has 0 amide bonds. The lowest BCUT2D eigenvalue weighted by Crippen LogP contribution is -2.27. The van der Waals surface area contributed by atoms with E-state index in [9.17, 15) is 8.42 Å². The van der Waals surface area contributed by atoms with Crippen molar-refractivity contribution in [2.24, 2.45) is 5.92 Å². The molecule has 128 valence electrons.